The number of phosphoric ester groups is 1. The molecule has 1 fully saturated rings. The quantitative estimate of drug-likeness (QED) is 0.203. The van der Waals surface area contributed by atoms with Crippen LogP contribution in [0.15, 0.2) is 0 Å². The summed E-state index contributed by atoms with van der Waals surface area (Å²) in [4.78, 5) is 28.7. The van der Waals surface area contributed by atoms with Crippen LogP contribution in [0.1, 0.15) is 38.5 Å². The molecule has 1 rings (SSSR count). The van der Waals surface area contributed by atoms with Crippen LogP contribution in [0.25, 0.3) is 0 Å². The van der Waals surface area contributed by atoms with E-state index in [1.54, 1.807) is 0 Å². The molecule has 1 aliphatic rings. The van der Waals surface area contributed by atoms with Crippen molar-refractivity contribution in [1.29, 1.82) is 0 Å². The Bertz CT molecular complexity index is 447. The van der Waals surface area contributed by atoms with E-state index >= 15 is 0 Å². The molecule has 0 aromatic rings. The van der Waals surface area contributed by atoms with Gasteiger partial charge in [-0.1, -0.05) is 32.1 Å². The number of carbonyl (C=O) groups excluding carboxylic acids is 1. The first-order valence-electron chi connectivity index (χ1n) is 8.21. The molecule has 25 heavy (non-hydrogen) atoms. The molecule has 0 bridgehead atoms. The molecule has 0 aromatic heterocycles. The first-order valence-corrected chi connectivity index (χ1v) is 9.74. The molecule has 1 aliphatic carbocycles. The van der Waals surface area contributed by atoms with Crippen LogP contribution in [-0.4, -0.2) is 73.8 Å². The lowest BCUT2D eigenvalue weighted by atomic mass is 9.87. The summed E-state index contributed by atoms with van der Waals surface area (Å²) in [5, 5.41) is 38.5. The number of aliphatic hydroxyl groups is 4. The summed E-state index contributed by atoms with van der Waals surface area (Å²) in [5.41, 5.74) is 0. The summed E-state index contributed by atoms with van der Waals surface area (Å²) in [6, 6.07) is 0. The maximum absolute atomic E-state index is 11.7. The zero-order chi connectivity index (χ0) is 19.0. The van der Waals surface area contributed by atoms with Crippen LogP contribution in [0.5, 0.6) is 0 Å². The highest BCUT2D eigenvalue weighted by Crippen LogP contribution is 2.35. The predicted molar refractivity (Wildman–Crippen MR) is 84.2 cm³/mol. The van der Waals surface area contributed by atoms with Gasteiger partial charge in [0.1, 0.15) is 18.3 Å². The van der Waals surface area contributed by atoms with Crippen LogP contribution < -0.4 is 0 Å². The van der Waals surface area contributed by atoms with E-state index in [0.29, 0.717) is 12.3 Å². The van der Waals surface area contributed by atoms with Crippen LogP contribution >= 0.6 is 7.82 Å². The molecule has 148 valence electrons. The van der Waals surface area contributed by atoms with Crippen molar-refractivity contribution in [2.75, 3.05) is 13.2 Å². The largest absolute Gasteiger partial charge is 0.469 e. The Kier molecular flexibility index (Phi) is 9.47. The zero-order valence-electron chi connectivity index (χ0n) is 13.8. The number of carbonyl (C=O) groups is 1. The molecular weight excluding hydrogens is 359 g/mol. The molecule has 0 saturated heterocycles. The predicted octanol–water partition coefficient (Wildman–Crippen LogP) is -0.947. The maximum Gasteiger partial charge on any atom is 0.469 e. The third-order valence-corrected chi connectivity index (χ3v) is 4.70. The molecule has 0 aliphatic heterocycles. The number of hydrogen-bond donors (Lipinski definition) is 6. The fraction of sp³-hybridized carbons (Fsp3) is 0.929. The maximum atomic E-state index is 11.7. The molecule has 11 heteroatoms. The van der Waals surface area contributed by atoms with Gasteiger partial charge in [-0.2, -0.15) is 0 Å². The summed E-state index contributed by atoms with van der Waals surface area (Å²) in [6.45, 7) is -0.917. The SMILES string of the molecule is O=C(OCCC1CCCCC1)[C@H](O)[C@@H](O)[C@H](O)[C@H](O)COP(=O)(O)O. The van der Waals surface area contributed by atoms with E-state index in [-0.39, 0.29) is 6.61 Å². The third-order valence-electron chi connectivity index (χ3n) is 4.22. The molecule has 6 N–H and O–H groups in total. The Morgan fingerprint density at radius 2 is 1.64 bits per heavy atom. The standard InChI is InChI=1S/C14H27O10P/c15-10(8-24-25(20,21)22)11(16)12(17)13(18)14(19)23-7-6-9-4-2-1-3-5-9/h9-13,15-18H,1-8H2,(H2,20,21,22)/t10-,11-,12+,13-/m1/s1. The van der Waals surface area contributed by atoms with Gasteiger partial charge in [-0.05, 0) is 12.3 Å². The van der Waals surface area contributed by atoms with Crippen molar-refractivity contribution in [1.82, 2.24) is 0 Å². The Labute approximate surface area is 145 Å². The van der Waals surface area contributed by atoms with E-state index < -0.39 is 44.8 Å². The highest BCUT2D eigenvalue weighted by atomic mass is 31.2. The summed E-state index contributed by atoms with van der Waals surface area (Å²) in [7, 11) is -4.87. The van der Waals surface area contributed by atoms with E-state index in [4.69, 9.17) is 14.5 Å². The highest BCUT2D eigenvalue weighted by Gasteiger charge is 2.36. The average Bonchev–Trinajstić information content (AvgIpc) is 2.57. The monoisotopic (exact) mass is 386 g/mol. The molecule has 4 atom stereocenters. The van der Waals surface area contributed by atoms with E-state index in [9.17, 15) is 29.8 Å². The Morgan fingerprint density at radius 1 is 1.04 bits per heavy atom. The number of rotatable bonds is 10. The second kappa shape index (κ2) is 10.5. The molecule has 0 heterocycles. The summed E-state index contributed by atoms with van der Waals surface area (Å²) >= 11 is 0. The molecule has 10 nitrogen and oxygen atoms in total. The smallest absolute Gasteiger partial charge is 0.464 e. The van der Waals surface area contributed by atoms with Gasteiger partial charge in [0, 0.05) is 0 Å². The van der Waals surface area contributed by atoms with Gasteiger partial charge in [-0.3, -0.25) is 4.52 Å². The van der Waals surface area contributed by atoms with Crippen LogP contribution in [0.2, 0.25) is 0 Å². The van der Waals surface area contributed by atoms with Crippen molar-refractivity contribution < 1.29 is 48.8 Å². The van der Waals surface area contributed by atoms with Crippen LogP contribution in [-0.2, 0) is 18.6 Å². The first kappa shape index (κ1) is 22.5. The molecule has 0 aromatic carbocycles. The number of ether oxygens (including phenoxy) is 1. The summed E-state index contributed by atoms with van der Waals surface area (Å²) in [5.74, 6) is -0.689. The molecular formula is C14H27O10P. The third kappa shape index (κ3) is 8.57. The normalized spacial score (nSPS) is 21.4. The van der Waals surface area contributed by atoms with Crippen molar-refractivity contribution in [3.63, 3.8) is 0 Å². The van der Waals surface area contributed by atoms with E-state index in [2.05, 4.69) is 4.52 Å². The number of aliphatic hydroxyl groups excluding tert-OH is 4. The van der Waals surface area contributed by atoms with E-state index in [0.717, 1.165) is 25.7 Å². The van der Waals surface area contributed by atoms with Gasteiger partial charge >= 0.3 is 13.8 Å². The van der Waals surface area contributed by atoms with Gasteiger partial charge in [-0.25, -0.2) is 9.36 Å². The van der Waals surface area contributed by atoms with Gasteiger partial charge in [0.15, 0.2) is 6.10 Å². The second-order valence-electron chi connectivity index (χ2n) is 6.24. The second-order valence-corrected chi connectivity index (χ2v) is 7.48. The Hall–Kier alpha value is -0.580. The van der Waals surface area contributed by atoms with Crippen molar-refractivity contribution in [2.45, 2.75) is 62.9 Å². The molecule has 0 unspecified atom stereocenters. The fourth-order valence-electron chi connectivity index (χ4n) is 2.71. The molecule has 1 saturated carbocycles. The van der Waals surface area contributed by atoms with Gasteiger partial charge in [0.25, 0.3) is 0 Å². The minimum atomic E-state index is -4.87. The number of esters is 1. The van der Waals surface area contributed by atoms with Gasteiger partial charge < -0.3 is 34.9 Å². The van der Waals surface area contributed by atoms with E-state index in [1.807, 2.05) is 0 Å². The zero-order valence-corrected chi connectivity index (χ0v) is 14.7. The lowest BCUT2D eigenvalue weighted by molar-refractivity contribution is -0.170. The number of hydrogen-bond acceptors (Lipinski definition) is 8. The summed E-state index contributed by atoms with van der Waals surface area (Å²) in [6.07, 6.45) is -1.94. The van der Waals surface area contributed by atoms with Crippen LogP contribution in [0, 0.1) is 5.92 Å². The Balaban J connectivity index is 2.35. The minimum Gasteiger partial charge on any atom is -0.464 e. The van der Waals surface area contributed by atoms with Crippen molar-refractivity contribution >= 4 is 13.8 Å². The lowest BCUT2D eigenvalue weighted by Crippen LogP contribution is -2.49. The summed E-state index contributed by atoms with van der Waals surface area (Å²) < 4.78 is 19.4. The molecule has 0 spiro atoms. The lowest BCUT2D eigenvalue weighted by Gasteiger charge is -2.26. The topological polar surface area (TPSA) is 174 Å². The van der Waals surface area contributed by atoms with Crippen molar-refractivity contribution in [2.24, 2.45) is 5.92 Å². The highest BCUT2D eigenvalue weighted by molar-refractivity contribution is 7.46. The number of phosphoric acid groups is 1. The van der Waals surface area contributed by atoms with Crippen LogP contribution in [0.3, 0.4) is 0 Å². The fourth-order valence-corrected chi connectivity index (χ4v) is 3.06. The van der Waals surface area contributed by atoms with Crippen molar-refractivity contribution in [3.05, 3.63) is 0 Å². The average molecular weight is 386 g/mol. The minimum absolute atomic E-state index is 0.0766. The van der Waals surface area contributed by atoms with Gasteiger partial charge in [-0.15, -0.1) is 0 Å². The van der Waals surface area contributed by atoms with Crippen LogP contribution in [0.4, 0.5) is 0 Å². The molecule has 0 radical (unpaired) electrons. The Morgan fingerprint density at radius 3 is 2.20 bits per heavy atom. The van der Waals surface area contributed by atoms with E-state index in [1.165, 1.54) is 6.42 Å². The van der Waals surface area contributed by atoms with Crippen molar-refractivity contribution in [3.8, 4) is 0 Å². The first-order chi connectivity index (χ1) is 11.6. The molecule has 0 amide bonds. The van der Waals surface area contributed by atoms with Gasteiger partial charge in [0.05, 0.1) is 13.2 Å². The van der Waals surface area contributed by atoms with Gasteiger partial charge in [0.2, 0.25) is 0 Å².